The van der Waals surface area contributed by atoms with Crippen molar-refractivity contribution < 1.29 is 78.5 Å². The molecule has 3 N–H and O–H groups in total. The fraction of sp³-hybridized carbons (Fsp3) is 0.220. The highest BCUT2D eigenvalue weighted by Gasteiger charge is 2.44. The molecule has 7 aromatic carbocycles. The van der Waals surface area contributed by atoms with E-state index < -0.39 is 47.5 Å². The number of aromatic amines is 1. The minimum Gasteiger partial charge on any atom is -0.478 e. The van der Waals surface area contributed by atoms with Crippen molar-refractivity contribution in [2.45, 2.75) is 131 Å². The number of nitrogens with one attached hydrogen (secondary N) is 1. The Kier molecular flexibility index (Phi) is 25.2. The molecule has 0 saturated heterocycles. The van der Waals surface area contributed by atoms with Crippen LogP contribution in [0.25, 0.3) is 56.0 Å². The summed E-state index contributed by atoms with van der Waals surface area (Å²) in [7, 11) is 0. The smallest absolute Gasteiger partial charge is 0.433 e. The van der Waals surface area contributed by atoms with E-state index in [1.807, 2.05) is 117 Å². The number of carbonyl (C=O) groups is 6. The molecule has 4 amide bonds. The summed E-state index contributed by atoms with van der Waals surface area (Å²) in [4.78, 5) is 115. The maximum atomic E-state index is 13.6. The second-order valence-electron chi connectivity index (χ2n) is 29.6. The first-order valence-electron chi connectivity index (χ1n) is 39.3. The van der Waals surface area contributed by atoms with Crippen LogP contribution < -0.4 is 19.6 Å². The topological polar surface area (TPSA) is 350 Å². The van der Waals surface area contributed by atoms with E-state index in [0.717, 1.165) is 61.3 Å². The summed E-state index contributed by atoms with van der Waals surface area (Å²) >= 11 is 0. The minimum absolute atomic E-state index is 0.0204. The van der Waals surface area contributed by atoms with Gasteiger partial charge >= 0.3 is 30.5 Å². The third-order valence-electron chi connectivity index (χ3n) is 21.1. The number of aryl methyl sites for hydroxylation is 5. The Morgan fingerprint density at radius 2 is 0.778 bits per heavy atom. The fourth-order valence-electron chi connectivity index (χ4n) is 15.3. The lowest BCUT2D eigenvalue weighted by Gasteiger charge is -2.30. The largest absolute Gasteiger partial charge is 0.478 e. The zero-order valence-corrected chi connectivity index (χ0v) is 67.7. The maximum absolute atomic E-state index is 13.6. The summed E-state index contributed by atoms with van der Waals surface area (Å²) in [6.07, 6.45) is -11.6. The standard InChI is InChI=1S/C23H18F3N7O.C23H17F3N4O.C23H21N3O3.C22H17F3N4O3/c1-13-27-20(23(24,25)26)18-9-10-19(34)33(22(18)28-13)12-14-5-4-6-15(11-14)16-7-2-3-8-17(16)21-29-31-32-30-21;1-14-28-21(23(24,25)26)19-10-11-20(31)30(22(19)29-14)13-15-6-8-16(9-7-15)18-5-3-2-4-17(18)12-27;1-14-18-11-12-21(27)26(22(18)25-15(2)24-14)13-16-7-9-17(10-8-16)19-5-3-4-6-20(19)23(28)29;1-12-27-19(22(23,24)25)16-7-9-18(30)29(20(16)28-12)11-13-6-8-17(26-10-13)14-4-2-3-5-15(14)21(31)32/h2-8,11H,9-10,12H2,1H3,(H,29,30,31,32);2-9H,10-11,13H2,1H3;3-10H,11-13H2,1-2H3,(H,28,29);2-6,8,10H,7,9,11H2,1H3,(H,31,32). The Bertz CT molecular complexity index is 6430. The van der Waals surface area contributed by atoms with Gasteiger partial charge in [0.1, 0.15) is 46.6 Å². The van der Waals surface area contributed by atoms with Gasteiger partial charge in [0.15, 0.2) is 17.1 Å². The molecule has 0 aliphatic carbocycles. The van der Waals surface area contributed by atoms with Gasteiger partial charge in [-0.05, 0) is 151 Å². The number of nitriles is 1. The van der Waals surface area contributed by atoms with Crippen LogP contribution in [0.15, 0.2) is 188 Å². The van der Waals surface area contributed by atoms with Gasteiger partial charge in [-0.1, -0.05) is 152 Å². The first-order chi connectivity index (χ1) is 60.2. The number of amides is 4. The number of hydrogen-bond donors (Lipinski definition) is 3. The van der Waals surface area contributed by atoms with Gasteiger partial charge in [0, 0.05) is 71.0 Å². The second-order valence-corrected chi connectivity index (χ2v) is 29.6. The average molecular weight is 1720 g/mol. The first kappa shape index (κ1) is 87.1. The Hall–Kier alpha value is -15.2. The fourth-order valence-corrected chi connectivity index (χ4v) is 15.3. The zero-order valence-electron chi connectivity index (χ0n) is 67.7. The number of alkyl halides is 9. The molecule has 0 saturated carbocycles. The number of aromatic carboxylic acids is 2. The van der Waals surface area contributed by atoms with E-state index in [9.17, 15) is 83.8 Å². The van der Waals surface area contributed by atoms with Gasteiger partial charge in [0.05, 0.1) is 54.6 Å². The summed E-state index contributed by atoms with van der Waals surface area (Å²) in [5, 5.41) is 42.2. The van der Waals surface area contributed by atoms with E-state index in [1.165, 1.54) is 47.7 Å². The minimum atomic E-state index is -4.65. The number of H-pyrrole nitrogens is 1. The SMILES string of the molecule is Cc1nc(C)c2c(n1)N(Cc1ccc(-c3ccccc3C(=O)O)cc1)C(=O)CC2.Cc1nc2c(c(C(F)(F)F)n1)CCC(=O)N2Cc1ccc(-c2ccccc2C#N)cc1.Cc1nc2c(c(C(F)(F)F)n1)CCC(=O)N2Cc1ccc(-c2ccccc2C(=O)O)nc1.Cc1nc2c(c(C(F)(F)F)n1)CCC(=O)N2Cc1cccc(-c2ccccc2-c2nn[nH]n2)c1. The lowest BCUT2D eigenvalue weighted by Crippen LogP contribution is -2.37. The molecular weight excluding hydrogens is 1640 g/mol. The van der Waals surface area contributed by atoms with Crippen LogP contribution in [0, 0.1) is 45.9 Å². The van der Waals surface area contributed by atoms with E-state index in [2.05, 4.69) is 71.5 Å². The zero-order chi connectivity index (χ0) is 89.6. The monoisotopic (exact) mass is 1720 g/mol. The van der Waals surface area contributed by atoms with Crippen LogP contribution in [-0.4, -0.2) is 111 Å². The third kappa shape index (κ3) is 19.3. The number of carbonyl (C=O) groups excluding carboxylic acids is 4. The van der Waals surface area contributed by atoms with Crippen molar-refractivity contribution >= 4 is 58.8 Å². The molecule has 4 aliphatic rings. The Morgan fingerprint density at radius 3 is 1.21 bits per heavy atom. The quantitative estimate of drug-likeness (QED) is 0.0803. The van der Waals surface area contributed by atoms with Crippen molar-refractivity contribution in [2.24, 2.45) is 0 Å². The number of tetrazole rings is 1. The van der Waals surface area contributed by atoms with Crippen molar-refractivity contribution in [1.82, 2.24) is 65.5 Å². The van der Waals surface area contributed by atoms with Crippen LogP contribution in [-0.2, 0) is 89.6 Å². The van der Waals surface area contributed by atoms with Crippen molar-refractivity contribution in [3.8, 4) is 62.1 Å². The number of nitrogens with zero attached hydrogens (tertiary/aromatic N) is 17. The van der Waals surface area contributed by atoms with Gasteiger partial charge in [-0.3, -0.25) is 43.8 Å². The molecule has 0 spiro atoms. The molecule has 13 aromatic rings. The molecule has 10 heterocycles. The van der Waals surface area contributed by atoms with Crippen molar-refractivity contribution in [3.05, 3.63) is 295 Å². The first-order valence-corrected chi connectivity index (χ1v) is 39.3. The number of aromatic nitrogens is 13. The van der Waals surface area contributed by atoms with Crippen LogP contribution in [0.2, 0.25) is 0 Å². The Morgan fingerprint density at radius 1 is 0.397 bits per heavy atom. The molecule has 26 nitrogen and oxygen atoms in total. The van der Waals surface area contributed by atoms with Crippen molar-refractivity contribution in [3.63, 3.8) is 0 Å². The predicted molar refractivity (Wildman–Crippen MR) is 442 cm³/mol. The van der Waals surface area contributed by atoms with E-state index in [1.54, 1.807) is 77.7 Å². The maximum Gasteiger partial charge on any atom is 0.433 e. The normalized spacial score (nSPS) is 13.6. The molecule has 35 heteroatoms. The molecule has 638 valence electrons. The Labute approximate surface area is 712 Å². The van der Waals surface area contributed by atoms with Gasteiger partial charge in [-0.25, -0.2) is 49.5 Å². The van der Waals surface area contributed by atoms with E-state index in [0.29, 0.717) is 64.8 Å². The van der Waals surface area contributed by atoms with Crippen LogP contribution in [0.4, 0.5) is 62.8 Å². The molecule has 6 aromatic heterocycles. The lowest BCUT2D eigenvalue weighted by atomic mass is 9.97. The highest BCUT2D eigenvalue weighted by molar-refractivity contribution is 6.00. The van der Waals surface area contributed by atoms with Crippen LogP contribution >= 0.6 is 0 Å². The molecule has 0 fully saturated rings. The number of benzene rings is 7. The summed E-state index contributed by atoms with van der Waals surface area (Å²) in [5.41, 5.74) is 9.15. The Balaban J connectivity index is 0.000000137. The van der Waals surface area contributed by atoms with Crippen LogP contribution in [0.3, 0.4) is 0 Å². The number of carboxylic acids is 2. The molecule has 0 bridgehead atoms. The summed E-state index contributed by atoms with van der Waals surface area (Å²) in [6, 6.07) is 55.8. The van der Waals surface area contributed by atoms with Gasteiger partial charge in [0.2, 0.25) is 29.5 Å². The number of halogens is 9. The van der Waals surface area contributed by atoms with Gasteiger partial charge in [0.25, 0.3) is 0 Å². The molecule has 0 radical (unpaired) electrons. The number of rotatable bonds is 15. The van der Waals surface area contributed by atoms with Crippen molar-refractivity contribution in [1.29, 1.82) is 5.26 Å². The lowest BCUT2D eigenvalue weighted by molar-refractivity contribution is -0.143. The molecular formula is C91H73F9N18O8. The second kappa shape index (κ2) is 36.4. The van der Waals surface area contributed by atoms with E-state index in [4.69, 9.17) is 0 Å². The van der Waals surface area contributed by atoms with Gasteiger partial charge in [-0.2, -0.15) is 50.0 Å². The molecule has 4 aliphatic heterocycles. The summed E-state index contributed by atoms with van der Waals surface area (Å²) < 4.78 is 122. The van der Waals surface area contributed by atoms with Crippen LogP contribution in [0.5, 0.6) is 0 Å². The molecule has 17 rings (SSSR count). The molecule has 126 heavy (non-hydrogen) atoms. The predicted octanol–water partition coefficient (Wildman–Crippen LogP) is 16.9. The highest BCUT2D eigenvalue weighted by atomic mass is 19.4. The summed E-state index contributed by atoms with van der Waals surface area (Å²) in [6.45, 7) is 8.49. The van der Waals surface area contributed by atoms with E-state index in [-0.39, 0.29) is 145 Å². The number of fused-ring (bicyclic) bond motifs is 4. The molecule has 0 atom stereocenters. The summed E-state index contributed by atoms with van der Waals surface area (Å²) in [5.74, 6) is -1.24. The number of pyridine rings is 1. The number of hydrogen-bond acceptors (Lipinski definition) is 19. The van der Waals surface area contributed by atoms with Gasteiger partial charge in [-0.15, -0.1) is 10.2 Å². The average Bonchev–Trinajstić information content (AvgIpc) is 0.820. The van der Waals surface area contributed by atoms with E-state index >= 15 is 0 Å². The van der Waals surface area contributed by atoms with Crippen LogP contribution in [0.1, 0.15) is 143 Å². The highest BCUT2D eigenvalue weighted by Crippen LogP contribution is 2.43. The number of anilines is 4. The third-order valence-corrected chi connectivity index (χ3v) is 21.1. The van der Waals surface area contributed by atoms with Crippen molar-refractivity contribution in [2.75, 3.05) is 19.6 Å². The molecule has 0 unspecified atom stereocenters. The van der Waals surface area contributed by atoms with Gasteiger partial charge < -0.3 is 10.2 Å². The number of carboxylic acid groups (broad SMARTS) is 2.